The summed E-state index contributed by atoms with van der Waals surface area (Å²) in [5.41, 5.74) is 1.62. The highest BCUT2D eigenvalue weighted by atomic mass is 32.2. The molecule has 110 valence electrons. The van der Waals surface area contributed by atoms with Crippen molar-refractivity contribution in [3.8, 4) is 0 Å². The minimum absolute atomic E-state index is 0.202. The summed E-state index contributed by atoms with van der Waals surface area (Å²) in [7, 11) is 0. The molecule has 2 N–H and O–H groups in total. The number of amides is 1. The largest absolute Gasteiger partial charge is 0.308 e. The Morgan fingerprint density at radius 2 is 2.10 bits per heavy atom. The maximum Gasteiger partial charge on any atom is 0.238 e. The summed E-state index contributed by atoms with van der Waals surface area (Å²) in [6.45, 7) is 3.52. The Bertz CT molecular complexity index is 716. The van der Waals surface area contributed by atoms with Gasteiger partial charge in [-0.15, -0.1) is 11.8 Å². The maximum atomic E-state index is 14.1. The first-order valence-electron chi connectivity index (χ1n) is 6.43. The van der Waals surface area contributed by atoms with Gasteiger partial charge in [-0.1, -0.05) is 0 Å². The Kier molecular flexibility index (Phi) is 3.44. The molecule has 1 aliphatic heterocycles. The summed E-state index contributed by atoms with van der Waals surface area (Å²) in [4.78, 5) is 12.0. The van der Waals surface area contributed by atoms with E-state index in [-0.39, 0.29) is 11.5 Å². The number of H-pyrrole nitrogens is 1. The van der Waals surface area contributed by atoms with Crippen LogP contribution in [-0.2, 0) is 4.79 Å². The number of aromatic amines is 1. The van der Waals surface area contributed by atoms with Crippen LogP contribution in [0.25, 0.3) is 0 Å². The molecule has 4 nitrogen and oxygen atoms in total. The minimum Gasteiger partial charge on any atom is -0.308 e. The Balaban J connectivity index is 2.18. The third-order valence-electron chi connectivity index (χ3n) is 3.45. The van der Waals surface area contributed by atoms with E-state index >= 15 is 0 Å². The number of aryl methyl sites for hydroxylation is 1. The van der Waals surface area contributed by atoms with Crippen LogP contribution in [0.1, 0.15) is 29.0 Å². The van der Waals surface area contributed by atoms with Crippen molar-refractivity contribution in [1.29, 1.82) is 0 Å². The molecule has 2 heterocycles. The van der Waals surface area contributed by atoms with Gasteiger partial charge in [-0.2, -0.15) is 5.10 Å². The third kappa shape index (κ3) is 2.42. The molecule has 0 aliphatic carbocycles. The zero-order chi connectivity index (χ0) is 15.1. The predicted molar refractivity (Wildman–Crippen MR) is 77.2 cm³/mol. The van der Waals surface area contributed by atoms with E-state index in [1.54, 1.807) is 13.8 Å². The summed E-state index contributed by atoms with van der Waals surface area (Å²) >= 11 is 1.27. The van der Waals surface area contributed by atoms with E-state index in [1.807, 2.05) is 0 Å². The SMILES string of the molecule is Cc1[nH]nc2c1[C@H](c1cc(F)ccc1F)S[C@H](C)C(=O)N2. The lowest BCUT2D eigenvalue weighted by Crippen LogP contribution is -2.21. The molecule has 0 bridgehead atoms. The highest BCUT2D eigenvalue weighted by Gasteiger charge is 2.33. The number of thioether (sulfide) groups is 1. The van der Waals surface area contributed by atoms with Gasteiger partial charge in [0.05, 0.1) is 10.5 Å². The lowest BCUT2D eigenvalue weighted by molar-refractivity contribution is -0.115. The molecule has 3 rings (SSSR count). The van der Waals surface area contributed by atoms with Crippen LogP contribution >= 0.6 is 11.8 Å². The third-order valence-corrected chi connectivity index (χ3v) is 4.83. The van der Waals surface area contributed by atoms with E-state index in [9.17, 15) is 13.6 Å². The molecule has 21 heavy (non-hydrogen) atoms. The van der Waals surface area contributed by atoms with Crippen molar-refractivity contribution >= 4 is 23.5 Å². The van der Waals surface area contributed by atoms with Crippen LogP contribution in [0.5, 0.6) is 0 Å². The molecule has 1 aliphatic rings. The Morgan fingerprint density at radius 3 is 2.86 bits per heavy atom. The van der Waals surface area contributed by atoms with Crippen molar-refractivity contribution in [1.82, 2.24) is 10.2 Å². The van der Waals surface area contributed by atoms with Crippen molar-refractivity contribution in [3.63, 3.8) is 0 Å². The van der Waals surface area contributed by atoms with Gasteiger partial charge in [0.25, 0.3) is 0 Å². The molecule has 1 aromatic carbocycles. The molecule has 0 spiro atoms. The molecule has 0 saturated carbocycles. The van der Waals surface area contributed by atoms with Crippen LogP contribution < -0.4 is 5.32 Å². The molecule has 7 heteroatoms. The normalized spacial score (nSPS) is 21.6. The zero-order valence-corrected chi connectivity index (χ0v) is 12.2. The number of fused-ring (bicyclic) bond motifs is 1. The van der Waals surface area contributed by atoms with Crippen molar-refractivity contribution in [2.75, 3.05) is 5.32 Å². The first-order valence-corrected chi connectivity index (χ1v) is 7.37. The second-order valence-electron chi connectivity index (χ2n) is 4.92. The number of carbonyl (C=O) groups excluding carboxylic acids is 1. The maximum absolute atomic E-state index is 14.1. The molecule has 2 atom stereocenters. The van der Waals surface area contributed by atoms with Gasteiger partial charge in [0.1, 0.15) is 11.6 Å². The summed E-state index contributed by atoms with van der Waals surface area (Å²) < 4.78 is 27.6. The number of benzene rings is 1. The van der Waals surface area contributed by atoms with Crippen molar-refractivity contribution in [3.05, 3.63) is 46.7 Å². The van der Waals surface area contributed by atoms with Crippen LogP contribution in [-0.4, -0.2) is 21.4 Å². The van der Waals surface area contributed by atoms with Gasteiger partial charge < -0.3 is 5.32 Å². The summed E-state index contributed by atoms with van der Waals surface area (Å²) in [5.74, 6) is -0.831. The van der Waals surface area contributed by atoms with E-state index in [0.29, 0.717) is 11.4 Å². The standard InChI is InChI=1S/C14H13F2N3OS/c1-6-11-12(9-5-8(15)3-4-10(9)16)21-7(2)14(20)17-13(11)19-18-6/h3-5,7,12H,1-2H3,(H2,17,18,19,20)/t7-,12+/m1/s1. The summed E-state index contributed by atoms with van der Waals surface area (Å²) in [5, 5.41) is 8.64. The van der Waals surface area contributed by atoms with Gasteiger partial charge in [0.2, 0.25) is 5.91 Å². The second-order valence-corrected chi connectivity index (χ2v) is 6.38. The lowest BCUT2D eigenvalue weighted by atomic mass is 10.0. The van der Waals surface area contributed by atoms with Crippen LogP contribution in [0.2, 0.25) is 0 Å². The second kappa shape index (κ2) is 5.14. The fourth-order valence-corrected chi connectivity index (χ4v) is 3.69. The molecule has 1 aromatic heterocycles. The average Bonchev–Trinajstić information content (AvgIpc) is 2.73. The monoisotopic (exact) mass is 309 g/mol. The molecular weight excluding hydrogens is 296 g/mol. The summed E-state index contributed by atoms with van der Waals surface area (Å²) in [6.07, 6.45) is 0. The zero-order valence-electron chi connectivity index (χ0n) is 11.4. The van der Waals surface area contributed by atoms with Crippen molar-refractivity contribution in [2.45, 2.75) is 24.3 Å². The molecule has 1 amide bonds. The lowest BCUT2D eigenvalue weighted by Gasteiger charge is -2.18. The number of rotatable bonds is 1. The average molecular weight is 309 g/mol. The number of halogens is 2. The van der Waals surface area contributed by atoms with E-state index in [1.165, 1.54) is 17.8 Å². The molecular formula is C14H13F2N3OS. The highest BCUT2D eigenvalue weighted by Crippen LogP contribution is 2.45. The van der Waals surface area contributed by atoms with Crippen LogP contribution in [0.3, 0.4) is 0 Å². The Labute approximate surface area is 124 Å². The van der Waals surface area contributed by atoms with E-state index in [2.05, 4.69) is 15.5 Å². The van der Waals surface area contributed by atoms with E-state index < -0.39 is 22.1 Å². The topological polar surface area (TPSA) is 57.8 Å². The number of hydrogen-bond acceptors (Lipinski definition) is 3. The van der Waals surface area contributed by atoms with Gasteiger partial charge in [-0.3, -0.25) is 9.89 Å². The fraction of sp³-hybridized carbons (Fsp3) is 0.286. The van der Waals surface area contributed by atoms with Crippen LogP contribution in [0.15, 0.2) is 18.2 Å². The van der Waals surface area contributed by atoms with Gasteiger partial charge >= 0.3 is 0 Å². The first kappa shape index (κ1) is 14.1. The van der Waals surface area contributed by atoms with Crippen molar-refractivity contribution in [2.24, 2.45) is 0 Å². The van der Waals surface area contributed by atoms with Gasteiger partial charge in [-0.05, 0) is 32.0 Å². The number of aromatic nitrogens is 2. The molecule has 0 fully saturated rings. The number of nitrogens with one attached hydrogen (secondary N) is 2. The predicted octanol–water partition coefficient (Wildman–Crippen LogP) is 3.16. The first-order chi connectivity index (χ1) is 9.97. The number of nitrogens with zero attached hydrogens (tertiary/aromatic N) is 1. The Hall–Kier alpha value is -1.89. The smallest absolute Gasteiger partial charge is 0.238 e. The fourth-order valence-electron chi connectivity index (χ4n) is 2.35. The molecule has 0 saturated heterocycles. The quantitative estimate of drug-likeness (QED) is 0.851. The number of anilines is 1. The number of hydrogen-bond donors (Lipinski definition) is 2. The summed E-state index contributed by atoms with van der Waals surface area (Å²) in [6, 6.07) is 3.35. The molecule has 0 radical (unpaired) electrons. The molecule has 2 aromatic rings. The van der Waals surface area contributed by atoms with Gasteiger partial charge in [0, 0.05) is 16.8 Å². The van der Waals surface area contributed by atoms with Gasteiger partial charge in [-0.25, -0.2) is 8.78 Å². The van der Waals surface area contributed by atoms with Crippen molar-refractivity contribution < 1.29 is 13.6 Å². The van der Waals surface area contributed by atoms with E-state index in [4.69, 9.17) is 0 Å². The minimum atomic E-state index is -0.508. The molecule has 0 unspecified atom stereocenters. The van der Waals surface area contributed by atoms with Crippen LogP contribution in [0.4, 0.5) is 14.6 Å². The Morgan fingerprint density at radius 1 is 1.33 bits per heavy atom. The van der Waals surface area contributed by atoms with Gasteiger partial charge in [0.15, 0.2) is 5.82 Å². The van der Waals surface area contributed by atoms with E-state index in [0.717, 1.165) is 17.8 Å². The van der Waals surface area contributed by atoms with Crippen LogP contribution in [0, 0.1) is 18.6 Å². The number of carbonyl (C=O) groups is 1. The highest BCUT2D eigenvalue weighted by molar-refractivity contribution is 8.01.